The molecular weight excluding hydrogens is 331 g/mol. The Labute approximate surface area is 153 Å². The first-order valence-corrected chi connectivity index (χ1v) is 9.69. The van der Waals surface area contributed by atoms with Gasteiger partial charge in [-0.25, -0.2) is 0 Å². The second-order valence-corrected chi connectivity index (χ2v) is 8.52. The molecular formula is C21H29O3P. The van der Waals surface area contributed by atoms with E-state index in [0.717, 1.165) is 17.7 Å². The molecule has 3 atom stereocenters. The predicted molar refractivity (Wildman–Crippen MR) is 106 cm³/mol. The average Bonchev–Trinajstić information content (AvgIpc) is 2.60. The number of aliphatic hydroxyl groups excluding tert-OH is 1. The Balaban J connectivity index is 2.45. The Hall–Kier alpha value is -1.41. The van der Waals surface area contributed by atoms with Gasteiger partial charge in [0.15, 0.2) is 6.79 Å². The molecule has 1 N–H and O–H groups in total. The van der Waals surface area contributed by atoms with Crippen molar-refractivity contribution in [1.29, 1.82) is 0 Å². The SMILES string of the molecule is CCC(C)(Pc1ccccc1C(C)O)c1cc(C)ccc1OCOC. The Bertz CT molecular complexity index is 699. The van der Waals surface area contributed by atoms with Crippen LogP contribution in [0.5, 0.6) is 5.75 Å². The highest BCUT2D eigenvalue weighted by Gasteiger charge is 2.30. The molecule has 25 heavy (non-hydrogen) atoms. The fourth-order valence-electron chi connectivity index (χ4n) is 2.94. The molecule has 2 aromatic rings. The zero-order valence-corrected chi connectivity index (χ0v) is 16.8. The molecule has 0 heterocycles. The van der Waals surface area contributed by atoms with Crippen LogP contribution in [0.1, 0.15) is 50.0 Å². The molecule has 0 fully saturated rings. The van der Waals surface area contributed by atoms with Gasteiger partial charge in [-0.1, -0.05) is 64.4 Å². The summed E-state index contributed by atoms with van der Waals surface area (Å²) in [5.74, 6) is 0.874. The highest BCUT2D eigenvalue weighted by Crippen LogP contribution is 2.48. The van der Waals surface area contributed by atoms with Gasteiger partial charge in [0, 0.05) is 17.8 Å². The highest BCUT2D eigenvalue weighted by atomic mass is 31.1. The van der Waals surface area contributed by atoms with E-state index in [0.29, 0.717) is 8.58 Å². The van der Waals surface area contributed by atoms with Crippen LogP contribution in [0.25, 0.3) is 0 Å². The van der Waals surface area contributed by atoms with E-state index in [1.807, 2.05) is 31.2 Å². The summed E-state index contributed by atoms with van der Waals surface area (Å²) in [6, 6.07) is 14.5. The summed E-state index contributed by atoms with van der Waals surface area (Å²) < 4.78 is 10.9. The van der Waals surface area contributed by atoms with Crippen LogP contribution in [0.15, 0.2) is 42.5 Å². The number of benzene rings is 2. The maximum absolute atomic E-state index is 10.1. The van der Waals surface area contributed by atoms with E-state index in [-0.39, 0.29) is 11.9 Å². The first-order chi connectivity index (χ1) is 11.9. The van der Waals surface area contributed by atoms with Gasteiger partial charge in [-0.3, -0.25) is 0 Å². The van der Waals surface area contributed by atoms with Crippen LogP contribution < -0.4 is 10.0 Å². The fraction of sp³-hybridized carbons (Fsp3) is 0.429. The van der Waals surface area contributed by atoms with E-state index in [1.165, 1.54) is 16.4 Å². The molecule has 4 heteroatoms. The monoisotopic (exact) mass is 360 g/mol. The number of aliphatic hydroxyl groups is 1. The summed E-state index contributed by atoms with van der Waals surface area (Å²) >= 11 is 0. The van der Waals surface area contributed by atoms with E-state index < -0.39 is 6.10 Å². The Kier molecular flexibility index (Phi) is 7.01. The quantitative estimate of drug-likeness (QED) is 0.550. The topological polar surface area (TPSA) is 38.7 Å². The second kappa shape index (κ2) is 8.80. The number of methoxy groups -OCH3 is 1. The lowest BCUT2D eigenvalue weighted by atomic mass is 9.95. The molecule has 0 aliphatic carbocycles. The van der Waals surface area contributed by atoms with Crippen LogP contribution in [0.3, 0.4) is 0 Å². The Morgan fingerprint density at radius 1 is 1.20 bits per heavy atom. The van der Waals surface area contributed by atoms with Crippen molar-refractivity contribution in [2.24, 2.45) is 0 Å². The molecule has 0 aliphatic rings. The summed E-state index contributed by atoms with van der Waals surface area (Å²) in [6.07, 6.45) is 0.512. The summed E-state index contributed by atoms with van der Waals surface area (Å²) in [5, 5.41) is 11.3. The summed E-state index contributed by atoms with van der Waals surface area (Å²) in [5.41, 5.74) is 3.42. The van der Waals surface area contributed by atoms with Gasteiger partial charge >= 0.3 is 0 Å². The molecule has 136 valence electrons. The van der Waals surface area contributed by atoms with Crippen LogP contribution in [0.4, 0.5) is 0 Å². The lowest BCUT2D eigenvalue weighted by Gasteiger charge is -2.32. The van der Waals surface area contributed by atoms with E-state index in [1.54, 1.807) is 7.11 Å². The molecule has 0 radical (unpaired) electrons. The van der Waals surface area contributed by atoms with Crippen molar-refractivity contribution in [3.8, 4) is 5.75 Å². The molecule has 0 amide bonds. The van der Waals surface area contributed by atoms with Crippen LogP contribution in [0, 0.1) is 6.92 Å². The molecule has 0 saturated carbocycles. The average molecular weight is 360 g/mol. The number of hydrogen-bond acceptors (Lipinski definition) is 3. The highest BCUT2D eigenvalue weighted by molar-refractivity contribution is 7.48. The van der Waals surface area contributed by atoms with Gasteiger partial charge in [0.25, 0.3) is 0 Å². The first-order valence-electron chi connectivity index (χ1n) is 8.69. The third kappa shape index (κ3) is 4.82. The van der Waals surface area contributed by atoms with Gasteiger partial charge in [-0.2, -0.15) is 0 Å². The molecule has 3 nitrogen and oxygen atoms in total. The molecule has 0 spiro atoms. The molecule has 3 unspecified atom stereocenters. The molecule has 2 aromatic carbocycles. The van der Waals surface area contributed by atoms with E-state index in [9.17, 15) is 5.11 Å². The van der Waals surface area contributed by atoms with Gasteiger partial charge in [0.05, 0.1) is 6.10 Å². The van der Waals surface area contributed by atoms with Gasteiger partial charge < -0.3 is 14.6 Å². The van der Waals surface area contributed by atoms with Crippen molar-refractivity contribution >= 4 is 13.9 Å². The minimum absolute atomic E-state index is 0.0694. The largest absolute Gasteiger partial charge is 0.467 e. The second-order valence-electron chi connectivity index (χ2n) is 6.62. The molecule has 0 aromatic heterocycles. The van der Waals surface area contributed by atoms with Crippen molar-refractivity contribution in [1.82, 2.24) is 0 Å². The molecule has 0 bridgehead atoms. The lowest BCUT2D eigenvalue weighted by Crippen LogP contribution is -2.22. The third-order valence-corrected chi connectivity index (χ3v) is 6.49. The summed E-state index contributed by atoms with van der Waals surface area (Å²) in [4.78, 5) is 0. The zero-order chi connectivity index (χ0) is 18.4. The van der Waals surface area contributed by atoms with Crippen molar-refractivity contribution in [3.63, 3.8) is 0 Å². The molecule has 0 saturated heterocycles. The number of ether oxygens (including phenoxy) is 2. The Morgan fingerprint density at radius 3 is 2.56 bits per heavy atom. The van der Waals surface area contributed by atoms with Crippen molar-refractivity contribution in [3.05, 3.63) is 59.2 Å². The molecule has 0 aliphatic heterocycles. The third-order valence-electron chi connectivity index (χ3n) is 4.59. The van der Waals surface area contributed by atoms with Gasteiger partial charge in [-0.15, -0.1) is 0 Å². The lowest BCUT2D eigenvalue weighted by molar-refractivity contribution is 0.0500. The van der Waals surface area contributed by atoms with Gasteiger partial charge in [-0.05, 0) is 37.2 Å². The standard InChI is InChI=1S/C21H29O3P/c1-6-21(4,25-20-10-8-7-9-17(20)16(3)22)18-13-15(2)11-12-19(18)24-14-23-5/h7-13,16,22,25H,6,14H2,1-5H3. The zero-order valence-electron chi connectivity index (χ0n) is 15.8. The maximum atomic E-state index is 10.1. The van der Waals surface area contributed by atoms with Crippen molar-refractivity contribution in [2.45, 2.75) is 45.4 Å². The normalized spacial score (nSPS) is 15.3. The van der Waals surface area contributed by atoms with Gasteiger partial charge in [0.1, 0.15) is 5.75 Å². The van der Waals surface area contributed by atoms with Crippen molar-refractivity contribution < 1.29 is 14.6 Å². The minimum Gasteiger partial charge on any atom is -0.467 e. The fourth-order valence-corrected chi connectivity index (χ4v) is 4.66. The summed E-state index contributed by atoms with van der Waals surface area (Å²) in [6.45, 7) is 8.65. The van der Waals surface area contributed by atoms with E-state index >= 15 is 0 Å². The van der Waals surface area contributed by atoms with Crippen LogP contribution in [0.2, 0.25) is 0 Å². The number of rotatable bonds is 8. The van der Waals surface area contributed by atoms with Crippen LogP contribution in [-0.2, 0) is 9.89 Å². The summed E-state index contributed by atoms with van der Waals surface area (Å²) in [7, 11) is 2.17. The van der Waals surface area contributed by atoms with E-state index in [4.69, 9.17) is 9.47 Å². The van der Waals surface area contributed by atoms with Crippen LogP contribution in [-0.4, -0.2) is 19.0 Å². The van der Waals surface area contributed by atoms with Crippen LogP contribution >= 0.6 is 8.58 Å². The number of hydrogen-bond donors (Lipinski definition) is 1. The Morgan fingerprint density at radius 2 is 1.92 bits per heavy atom. The smallest absolute Gasteiger partial charge is 0.188 e. The van der Waals surface area contributed by atoms with Crippen molar-refractivity contribution in [2.75, 3.05) is 13.9 Å². The van der Waals surface area contributed by atoms with E-state index in [2.05, 4.69) is 39.0 Å². The first kappa shape index (κ1) is 19.9. The minimum atomic E-state index is -0.466. The maximum Gasteiger partial charge on any atom is 0.188 e. The molecule has 2 rings (SSSR count). The number of aryl methyl sites for hydroxylation is 1. The van der Waals surface area contributed by atoms with Gasteiger partial charge in [0.2, 0.25) is 0 Å². The predicted octanol–water partition coefficient (Wildman–Crippen LogP) is 4.66.